The lowest BCUT2D eigenvalue weighted by Crippen LogP contribution is -2.38. The summed E-state index contributed by atoms with van der Waals surface area (Å²) in [6.45, 7) is 6.36. The number of carbonyl (C=O) groups is 1. The number of nitrogens with zero attached hydrogens (tertiary/aromatic N) is 4. The number of aromatic nitrogens is 3. The first-order chi connectivity index (χ1) is 10.6. The number of amides is 1. The van der Waals surface area contributed by atoms with Crippen molar-refractivity contribution in [2.24, 2.45) is 0 Å². The van der Waals surface area contributed by atoms with Crippen molar-refractivity contribution in [2.75, 3.05) is 6.54 Å². The van der Waals surface area contributed by atoms with Crippen LogP contribution in [0.1, 0.15) is 65.4 Å². The second-order valence-corrected chi connectivity index (χ2v) is 7.40. The van der Waals surface area contributed by atoms with E-state index in [2.05, 4.69) is 34.7 Å². The minimum Gasteiger partial charge on any atom is -0.329 e. The van der Waals surface area contributed by atoms with Crippen LogP contribution in [0.25, 0.3) is 0 Å². The Bertz CT molecular complexity index is 714. The highest BCUT2D eigenvalue weighted by atomic mass is 32.1. The Hall–Kier alpha value is -1.69. The van der Waals surface area contributed by atoms with E-state index in [4.69, 9.17) is 0 Å². The van der Waals surface area contributed by atoms with Crippen LogP contribution in [0.4, 0.5) is 0 Å². The van der Waals surface area contributed by atoms with Gasteiger partial charge in [-0.05, 0) is 35.8 Å². The Morgan fingerprint density at radius 1 is 1.32 bits per heavy atom. The number of hydrogen-bond donors (Lipinski definition) is 0. The van der Waals surface area contributed by atoms with E-state index in [1.165, 1.54) is 18.4 Å². The molecule has 5 nitrogen and oxygen atoms in total. The highest BCUT2D eigenvalue weighted by molar-refractivity contribution is 7.12. The van der Waals surface area contributed by atoms with E-state index in [-0.39, 0.29) is 5.91 Å². The summed E-state index contributed by atoms with van der Waals surface area (Å²) in [6.07, 6.45) is 2.45. The van der Waals surface area contributed by atoms with Crippen molar-refractivity contribution in [1.82, 2.24) is 19.7 Å². The van der Waals surface area contributed by atoms with Gasteiger partial charge in [0.05, 0.1) is 11.4 Å². The Kier molecular flexibility index (Phi) is 3.29. The summed E-state index contributed by atoms with van der Waals surface area (Å²) in [4.78, 5) is 15.7. The third kappa shape index (κ3) is 2.26. The molecule has 116 valence electrons. The van der Waals surface area contributed by atoms with Crippen molar-refractivity contribution in [3.05, 3.63) is 33.5 Å². The first kappa shape index (κ1) is 13.9. The van der Waals surface area contributed by atoms with Gasteiger partial charge in [-0.25, -0.2) is 0 Å². The molecular formula is C16H20N4OS. The molecule has 1 saturated carbocycles. The van der Waals surface area contributed by atoms with Crippen LogP contribution in [-0.2, 0) is 13.1 Å². The Morgan fingerprint density at radius 2 is 2.14 bits per heavy atom. The number of thiophene rings is 1. The lowest BCUT2D eigenvalue weighted by Gasteiger charge is -2.28. The fourth-order valence-electron chi connectivity index (χ4n) is 3.13. The van der Waals surface area contributed by atoms with Crippen LogP contribution in [0.3, 0.4) is 0 Å². The zero-order chi connectivity index (χ0) is 15.3. The standard InChI is InChI=1S/C16H20N4OS/c1-10(2)15-18-17-13-9-19(6-7-20(13)15)16(21)14-12(5-8-22-14)11-3-4-11/h5,8,10-11H,3-4,6-7,9H2,1-2H3. The molecule has 6 heteroatoms. The van der Waals surface area contributed by atoms with Gasteiger partial charge in [0.1, 0.15) is 5.82 Å². The molecule has 22 heavy (non-hydrogen) atoms. The van der Waals surface area contributed by atoms with Crippen LogP contribution in [0.5, 0.6) is 0 Å². The smallest absolute Gasteiger partial charge is 0.264 e. The van der Waals surface area contributed by atoms with Crippen molar-refractivity contribution in [1.29, 1.82) is 0 Å². The maximum atomic E-state index is 12.8. The van der Waals surface area contributed by atoms with Gasteiger partial charge in [0.2, 0.25) is 0 Å². The third-order valence-electron chi connectivity index (χ3n) is 4.49. The molecule has 0 radical (unpaired) electrons. The van der Waals surface area contributed by atoms with Crippen LogP contribution in [0.2, 0.25) is 0 Å². The number of hydrogen-bond acceptors (Lipinski definition) is 4. The predicted molar refractivity (Wildman–Crippen MR) is 85.1 cm³/mol. The van der Waals surface area contributed by atoms with Gasteiger partial charge in [0.15, 0.2) is 5.82 Å². The van der Waals surface area contributed by atoms with Crippen LogP contribution in [0.15, 0.2) is 11.4 Å². The van der Waals surface area contributed by atoms with E-state index in [0.717, 1.165) is 29.6 Å². The third-order valence-corrected chi connectivity index (χ3v) is 5.41. The minimum absolute atomic E-state index is 0.164. The van der Waals surface area contributed by atoms with Crippen LogP contribution >= 0.6 is 11.3 Å². The molecule has 2 aromatic heterocycles. The molecule has 0 N–H and O–H groups in total. The first-order valence-electron chi connectivity index (χ1n) is 7.93. The lowest BCUT2D eigenvalue weighted by molar-refractivity contribution is 0.0710. The largest absolute Gasteiger partial charge is 0.329 e. The van der Waals surface area contributed by atoms with Gasteiger partial charge >= 0.3 is 0 Å². The van der Waals surface area contributed by atoms with Crippen molar-refractivity contribution in [2.45, 2.75) is 51.6 Å². The average Bonchev–Trinajstić information content (AvgIpc) is 3.09. The zero-order valence-electron chi connectivity index (χ0n) is 13.0. The average molecular weight is 316 g/mol. The van der Waals surface area contributed by atoms with Gasteiger partial charge in [-0.1, -0.05) is 13.8 Å². The van der Waals surface area contributed by atoms with E-state index >= 15 is 0 Å². The van der Waals surface area contributed by atoms with Crippen molar-refractivity contribution in [3.63, 3.8) is 0 Å². The fourth-order valence-corrected chi connectivity index (χ4v) is 4.08. The summed E-state index contributed by atoms with van der Waals surface area (Å²) in [5.74, 6) is 3.08. The topological polar surface area (TPSA) is 51.0 Å². The van der Waals surface area contributed by atoms with Gasteiger partial charge in [-0.2, -0.15) is 0 Å². The van der Waals surface area contributed by atoms with E-state index in [1.54, 1.807) is 11.3 Å². The van der Waals surface area contributed by atoms with Crippen molar-refractivity contribution < 1.29 is 4.79 Å². The first-order valence-corrected chi connectivity index (χ1v) is 8.81. The minimum atomic E-state index is 0.164. The second-order valence-electron chi connectivity index (χ2n) is 6.49. The van der Waals surface area contributed by atoms with Gasteiger partial charge in [0, 0.05) is 19.0 Å². The highest BCUT2D eigenvalue weighted by Gasteiger charge is 2.32. The van der Waals surface area contributed by atoms with E-state index < -0.39 is 0 Å². The van der Waals surface area contributed by atoms with Crippen molar-refractivity contribution >= 4 is 17.2 Å². The summed E-state index contributed by atoms with van der Waals surface area (Å²) in [5.41, 5.74) is 1.25. The number of rotatable bonds is 3. The number of carbonyl (C=O) groups excluding carboxylic acids is 1. The summed E-state index contributed by atoms with van der Waals surface area (Å²) < 4.78 is 2.17. The molecule has 0 spiro atoms. The lowest BCUT2D eigenvalue weighted by atomic mass is 10.1. The fraction of sp³-hybridized carbons (Fsp3) is 0.562. The van der Waals surface area contributed by atoms with Gasteiger partial charge < -0.3 is 9.47 Å². The quantitative estimate of drug-likeness (QED) is 0.874. The highest BCUT2D eigenvalue weighted by Crippen LogP contribution is 2.43. The van der Waals surface area contributed by atoms with Gasteiger partial charge in [0.25, 0.3) is 5.91 Å². The summed E-state index contributed by atoms with van der Waals surface area (Å²) in [7, 11) is 0. The molecule has 0 aromatic carbocycles. The second kappa shape index (κ2) is 5.19. The molecule has 4 rings (SSSR count). The van der Waals surface area contributed by atoms with E-state index in [1.807, 2.05) is 10.3 Å². The van der Waals surface area contributed by atoms with E-state index in [9.17, 15) is 4.79 Å². The SMILES string of the molecule is CC(C)c1nnc2n1CCN(C(=O)c1sccc1C1CC1)C2. The Labute approximate surface area is 134 Å². The van der Waals surface area contributed by atoms with Gasteiger partial charge in [-0.3, -0.25) is 4.79 Å². The monoisotopic (exact) mass is 316 g/mol. The molecule has 0 unspecified atom stereocenters. The molecule has 2 aromatic rings. The van der Waals surface area contributed by atoms with E-state index in [0.29, 0.717) is 18.4 Å². The predicted octanol–water partition coefficient (Wildman–Crippen LogP) is 3.00. The molecule has 3 heterocycles. The summed E-state index contributed by atoms with van der Waals surface area (Å²) in [5, 5.41) is 10.6. The normalized spacial score (nSPS) is 17.9. The molecule has 0 saturated heterocycles. The molecule has 2 aliphatic rings. The molecule has 0 atom stereocenters. The maximum absolute atomic E-state index is 12.8. The van der Waals surface area contributed by atoms with Crippen LogP contribution < -0.4 is 0 Å². The summed E-state index contributed by atoms with van der Waals surface area (Å²) in [6, 6.07) is 2.12. The van der Waals surface area contributed by atoms with Crippen LogP contribution in [-0.4, -0.2) is 32.1 Å². The molecular weight excluding hydrogens is 296 g/mol. The molecule has 1 aliphatic carbocycles. The number of fused-ring (bicyclic) bond motifs is 1. The maximum Gasteiger partial charge on any atom is 0.264 e. The molecule has 1 amide bonds. The molecule has 1 fully saturated rings. The summed E-state index contributed by atoms with van der Waals surface area (Å²) >= 11 is 1.58. The van der Waals surface area contributed by atoms with Crippen molar-refractivity contribution in [3.8, 4) is 0 Å². The molecule has 1 aliphatic heterocycles. The Morgan fingerprint density at radius 3 is 2.86 bits per heavy atom. The molecule has 0 bridgehead atoms. The zero-order valence-corrected chi connectivity index (χ0v) is 13.8. The Balaban J connectivity index is 1.57. The van der Waals surface area contributed by atoms with Gasteiger partial charge in [-0.15, -0.1) is 21.5 Å². The van der Waals surface area contributed by atoms with Crippen LogP contribution in [0, 0.1) is 0 Å².